The van der Waals surface area contributed by atoms with Crippen molar-refractivity contribution >= 4 is 34.8 Å². The van der Waals surface area contributed by atoms with E-state index in [1.165, 1.54) is 30.3 Å². The van der Waals surface area contributed by atoms with Crippen LogP contribution in [0.3, 0.4) is 0 Å². The zero-order valence-corrected chi connectivity index (χ0v) is 17.3. The lowest BCUT2D eigenvalue weighted by molar-refractivity contribution is -0.120. The van der Waals surface area contributed by atoms with E-state index in [0.29, 0.717) is 22.0 Å². The third kappa shape index (κ3) is 3.62. The Kier molecular flexibility index (Phi) is 5.39. The molecule has 1 unspecified atom stereocenters. The molecule has 0 radical (unpaired) electrons. The maximum Gasteiger partial charge on any atom is 0.274 e. The Labute approximate surface area is 183 Å². The van der Waals surface area contributed by atoms with Gasteiger partial charge in [0.2, 0.25) is 0 Å². The quantitative estimate of drug-likeness (QED) is 0.404. The van der Waals surface area contributed by atoms with Crippen LogP contribution >= 0.6 is 11.6 Å². The fourth-order valence-electron chi connectivity index (χ4n) is 3.82. The minimum atomic E-state index is -1.24. The number of rotatable bonds is 5. The van der Waals surface area contributed by atoms with E-state index in [1.807, 2.05) is 23.1 Å². The van der Waals surface area contributed by atoms with Gasteiger partial charge in [-0.25, -0.2) is 9.87 Å². The smallest absolute Gasteiger partial charge is 0.274 e. The van der Waals surface area contributed by atoms with Crippen LogP contribution in [0.2, 0.25) is 5.02 Å². The SMILES string of the molecule is CC1(N(Cc2ccccc2Cl)c2ccc(C(=O)NO)cc2)C(=O)Nc2ccc(F)cc21. The van der Waals surface area contributed by atoms with Gasteiger partial charge >= 0.3 is 0 Å². The van der Waals surface area contributed by atoms with Crippen molar-refractivity contribution in [3.63, 3.8) is 0 Å². The van der Waals surface area contributed by atoms with Crippen molar-refractivity contribution in [1.82, 2.24) is 5.48 Å². The van der Waals surface area contributed by atoms with E-state index in [4.69, 9.17) is 16.8 Å². The Balaban J connectivity index is 1.85. The minimum Gasteiger partial charge on any atom is -0.349 e. The number of nitrogens with zero attached hydrogens (tertiary/aromatic N) is 1. The molecular formula is C23H19ClFN3O3. The number of nitrogens with one attached hydrogen (secondary N) is 2. The molecule has 0 aromatic heterocycles. The highest BCUT2D eigenvalue weighted by Crippen LogP contribution is 2.44. The molecule has 1 aliphatic rings. The predicted octanol–water partition coefficient (Wildman–Crippen LogP) is 4.47. The molecule has 0 saturated heterocycles. The first-order chi connectivity index (χ1) is 14.8. The van der Waals surface area contributed by atoms with Crippen molar-refractivity contribution in [2.45, 2.75) is 19.0 Å². The highest BCUT2D eigenvalue weighted by molar-refractivity contribution is 6.31. The zero-order chi connectivity index (χ0) is 22.2. The standard InChI is InChI=1S/C23H19ClFN3O3/c1-23(18-12-16(25)8-11-20(18)26-22(23)30)28(13-15-4-2-3-5-19(15)24)17-9-6-14(7-10-17)21(29)27-31/h2-12,31H,13H2,1H3,(H,26,30)(H,27,29). The van der Waals surface area contributed by atoms with Gasteiger partial charge in [0, 0.05) is 34.1 Å². The number of carbonyl (C=O) groups is 2. The molecule has 1 aliphatic heterocycles. The molecule has 8 heteroatoms. The van der Waals surface area contributed by atoms with Crippen LogP contribution < -0.4 is 15.7 Å². The molecule has 4 rings (SSSR count). The van der Waals surface area contributed by atoms with Gasteiger partial charge in [-0.05, 0) is 61.0 Å². The second-order valence-electron chi connectivity index (χ2n) is 7.38. The summed E-state index contributed by atoms with van der Waals surface area (Å²) >= 11 is 6.39. The van der Waals surface area contributed by atoms with Crippen LogP contribution in [-0.2, 0) is 16.9 Å². The van der Waals surface area contributed by atoms with Gasteiger partial charge in [-0.3, -0.25) is 14.8 Å². The molecule has 158 valence electrons. The normalized spacial score (nSPS) is 17.1. The average molecular weight is 440 g/mol. The number of hydrogen-bond acceptors (Lipinski definition) is 4. The number of hydrogen-bond donors (Lipinski definition) is 3. The van der Waals surface area contributed by atoms with Crippen LogP contribution in [0, 0.1) is 5.82 Å². The summed E-state index contributed by atoms with van der Waals surface area (Å²) in [5, 5.41) is 12.2. The van der Waals surface area contributed by atoms with Gasteiger partial charge in [0.25, 0.3) is 11.8 Å². The lowest BCUT2D eigenvalue weighted by atomic mass is 9.89. The second kappa shape index (κ2) is 8.02. The maximum atomic E-state index is 14.1. The second-order valence-corrected chi connectivity index (χ2v) is 7.79. The van der Waals surface area contributed by atoms with Crippen molar-refractivity contribution in [2.75, 3.05) is 10.2 Å². The number of halogens is 2. The van der Waals surface area contributed by atoms with Crippen LogP contribution in [0.5, 0.6) is 0 Å². The third-order valence-corrected chi connectivity index (χ3v) is 5.93. The van der Waals surface area contributed by atoms with Gasteiger partial charge < -0.3 is 10.2 Å². The molecule has 6 nitrogen and oxygen atoms in total. The predicted molar refractivity (Wildman–Crippen MR) is 116 cm³/mol. The van der Waals surface area contributed by atoms with Gasteiger partial charge in [0.15, 0.2) is 0 Å². The van der Waals surface area contributed by atoms with E-state index in [2.05, 4.69) is 5.32 Å². The molecule has 2 amide bonds. The number of fused-ring (bicyclic) bond motifs is 1. The van der Waals surface area contributed by atoms with E-state index >= 15 is 0 Å². The van der Waals surface area contributed by atoms with Gasteiger partial charge in [-0.2, -0.15) is 0 Å². The van der Waals surface area contributed by atoms with E-state index in [1.54, 1.807) is 30.6 Å². The summed E-state index contributed by atoms with van der Waals surface area (Å²) in [6.45, 7) is 1.98. The summed E-state index contributed by atoms with van der Waals surface area (Å²) in [4.78, 5) is 26.7. The molecule has 1 atom stereocenters. The van der Waals surface area contributed by atoms with Gasteiger partial charge in [0.1, 0.15) is 11.4 Å². The van der Waals surface area contributed by atoms with E-state index in [9.17, 15) is 14.0 Å². The zero-order valence-electron chi connectivity index (χ0n) is 16.5. The Morgan fingerprint density at radius 3 is 2.55 bits per heavy atom. The largest absolute Gasteiger partial charge is 0.349 e. The molecule has 31 heavy (non-hydrogen) atoms. The van der Waals surface area contributed by atoms with Crippen molar-refractivity contribution in [1.29, 1.82) is 0 Å². The van der Waals surface area contributed by atoms with Gasteiger partial charge in [-0.15, -0.1) is 0 Å². The molecule has 1 heterocycles. The van der Waals surface area contributed by atoms with E-state index < -0.39 is 17.3 Å². The Morgan fingerprint density at radius 2 is 1.87 bits per heavy atom. The third-order valence-electron chi connectivity index (χ3n) is 5.57. The van der Waals surface area contributed by atoms with Crippen molar-refractivity contribution in [2.24, 2.45) is 0 Å². The summed E-state index contributed by atoms with van der Waals surface area (Å²) in [7, 11) is 0. The summed E-state index contributed by atoms with van der Waals surface area (Å²) in [5.74, 6) is -1.41. The minimum absolute atomic E-state index is 0.247. The van der Waals surface area contributed by atoms with Crippen molar-refractivity contribution in [3.05, 3.63) is 94.3 Å². The number of benzene rings is 3. The Bertz CT molecular complexity index is 1170. The average Bonchev–Trinajstić information content (AvgIpc) is 3.03. The Morgan fingerprint density at radius 1 is 1.16 bits per heavy atom. The van der Waals surface area contributed by atoms with Crippen molar-refractivity contribution in [3.8, 4) is 0 Å². The molecule has 0 fully saturated rings. The number of anilines is 2. The topological polar surface area (TPSA) is 81.7 Å². The highest BCUT2D eigenvalue weighted by atomic mass is 35.5. The van der Waals surface area contributed by atoms with Crippen molar-refractivity contribution < 1.29 is 19.2 Å². The molecule has 0 spiro atoms. The highest BCUT2D eigenvalue weighted by Gasteiger charge is 2.48. The van der Waals surface area contributed by atoms with Crippen LogP contribution in [-0.4, -0.2) is 17.0 Å². The first kappa shape index (κ1) is 20.8. The first-order valence-electron chi connectivity index (χ1n) is 9.51. The molecule has 3 aromatic rings. The molecule has 3 aromatic carbocycles. The molecule has 0 bridgehead atoms. The molecule has 0 aliphatic carbocycles. The van der Waals surface area contributed by atoms with E-state index in [-0.39, 0.29) is 18.0 Å². The fraction of sp³-hybridized carbons (Fsp3) is 0.130. The van der Waals surface area contributed by atoms with E-state index in [0.717, 1.165) is 5.56 Å². The summed E-state index contributed by atoms with van der Waals surface area (Å²) in [5.41, 5.74) is 3.03. The number of amides is 2. The number of carbonyl (C=O) groups excluding carboxylic acids is 2. The van der Waals surface area contributed by atoms with Gasteiger partial charge in [0.05, 0.1) is 0 Å². The summed E-state index contributed by atoms with van der Waals surface area (Å²) in [6, 6.07) is 17.8. The van der Waals surface area contributed by atoms with Gasteiger partial charge in [-0.1, -0.05) is 29.8 Å². The lowest BCUT2D eigenvalue weighted by Crippen LogP contribution is -2.48. The molecule has 3 N–H and O–H groups in total. The Hall–Kier alpha value is -3.42. The van der Waals surface area contributed by atoms with Crippen LogP contribution in [0.4, 0.5) is 15.8 Å². The van der Waals surface area contributed by atoms with Crippen LogP contribution in [0.15, 0.2) is 66.7 Å². The molecule has 0 saturated carbocycles. The molecular weight excluding hydrogens is 421 g/mol. The first-order valence-corrected chi connectivity index (χ1v) is 9.89. The lowest BCUT2D eigenvalue weighted by Gasteiger charge is -2.39. The van der Waals surface area contributed by atoms with Crippen LogP contribution in [0.25, 0.3) is 0 Å². The maximum absolute atomic E-state index is 14.1. The summed E-state index contributed by atoms with van der Waals surface area (Å²) < 4.78 is 14.1. The number of hydroxylamine groups is 1. The van der Waals surface area contributed by atoms with Crippen LogP contribution in [0.1, 0.15) is 28.4 Å². The fourth-order valence-corrected chi connectivity index (χ4v) is 4.02. The summed E-state index contributed by atoms with van der Waals surface area (Å²) in [6.07, 6.45) is 0. The monoisotopic (exact) mass is 439 g/mol.